The van der Waals surface area contributed by atoms with Crippen molar-refractivity contribution in [1.29, 1.82) is 5.26 Å². The van der Waals surface area contributed by atoms with Gasteiger partial charge in [0, 0.05) is 12.0 Å². The quantitative estimate of drug-likeness (QED) is 0.843. The van der Waals surface area contributed by atoms with Crippen molar-refractivity contribution in [3.8, 4) is 6.07 Å². The van der Waals surface area contributed by atoms with Crippen molar-refractivity contribution in [1.82, 2.24) is 5.32 Å². The number of carboxylic acids is 1. The van der Waals surface area contributed by atoms with Gasteiger partial charge in [-0.15, -0.1) is 0 Å². The van der Waals surface area contributed by atoms with Crippen LogP contribution >= 0.6 is 0 Å². The minimum Gasteiger partial charge on any atom is -0.481 e. The first-order valence-corrected chi connectivity index (χ1v) is 7.93. The zero-order valence-corrected chi connectivity index (χ0v) is 13.5. The van der Waals surface area contributed by atoms with Crippen LogP contribution in [0.25, 0.3) is 0 Å². The second-order valence-electron chi connectivity index (χ2n) is 6.63. The lowest BCUT2D eigenvalue weighted by Gasteiger charge is -2.20. The highest BCUT2D eigenvalue weighted by Gasteiger charge is 2.28. The average molecular weight is 314 g/mol. The summed E-state index contributed by atoms with van der Waals surface area (Å²) < 4.78 is 0. The van der Waals surface area contributed by atoms with Crippen LogP contribution in [0.3, 0.4) is 0 Å². The van der Waals surface area contributed by atoms with E-state index in [9.17, 15) is 9.59 Å². The topological polar surface area (TPSA) is 90.2 Å². The Balaban J connectivity index is 2.00. The van der Waals surface area contributed by atoms with Gasteiger partial charge in [-0.25, -0.2) is 0 Å². The molecule has 0 heterocycles. The van der Waals surface area contributed by atoms with Gasteiger partial charge in [-0.3, -0.25) is 9.59 Å². The molecule has 0 spiro atoms. The number of carbonyl (C=O) groups excluding carboxylic acids is 1. The zero-order valence-electron chi connectivity index (χ0n) is 13.5. The SMILES string of the molecule is CC(C)CC(CC(=O)O)C(=O)NC1Cc2ccc(C#N)cc2C1. The third kappa shape index (κ3) is 4.56. The van der Waals surface area contributed by atoms with Gasteiger partial charge in [-0.2, -0.15) is 5.26 Å². The lowest BCUT2D eigenvalue weighted by Crippen LogP contribution is -2.40. The number of hydrogen-bond acceptors (Lipinski definition) is 3. The number of carboxylic acid groups (broad SMARTS) is 1. The van der Waals surface area contributed by atoms with E-state index in [0.717, 1.165) is 17.5 Å². The van der Waals surface area contributed by atoms with Gasteiger partial charge in [0.1, 0.15) is 0 Å². The zero-order chi connectivity index (χ0) is 17.0. The van der Waals surface area contributed by atoms with Crippen LogP contribution in [0.5, 0.6) is 0 Å². The molecule has 5 nitrogen and oxygen atoms in total. The molecule has 0 aliphatic heterocycles. The predicted octanol–water partition coefficient (Wildman–Crippen LogP) is 2.28. The van der Waals surface area contributed by atoms with Gasteiger partial charge in [0.25, 0.3) is 0 Å². The Morgan fingerprint density at radius 2 is 2.04 bits per heavy atom. The third-order valence-electron chi connectivity index (χ3n) is 4.16. The second kappa shape index (κ2) is 7.28. The van der Waals surface area contributed by atoms with Crippen molar-refractivity contribution in [3.63, 3.8) is 0 Å². The summed E-state index contributed by atoms with van der Waals surface area (Å²) in [5.74, 6) is -1.35. The van der Waals surface area contributed by atoms with E-state index in [-0.39, 0.29) is 24.3 Å². The smallest absolute Gasteiger partial charge is 0.304 e. The summed E-state index contributed by atoms with van der Waals surface area (Å²) >= 11 is 0. The van der Waals surface area contributed by atoms with Crippen LogP contribution in [0, 0.1) is 23.2 Å². The standard InChI is InChI=1S/C18H22N2O3/c1-11(2)5-15(9-17(21)22)18(23)20-16-7-13-4-3-12(10-19)6-14(13)8-16/h3-4,6,11,15-16H,5,7-9H2,1-2H3,(H,20,23)(H,21,22). The Morgan fingerprint density at radius 3 is 2.65 bits per heavy atom. The fourth-order valence-corrected chi connectivity index (χ4v) is 3.17. The van der Waals surface area contributed by atoms with Crippen molar-refractivity contribution < 1.29 is 14.7 Å². The van der Waals surface area contributed by atoms with Crippen LogP contribution in [0.2, 0.25) is 0 Å². The molecule has 2 N–H and O–H groups in total. The van der Waals surface area contributed by atoms with Gasteiger partial charge < -0.3 is 10.4 Å². The molecular formula is C18H22N2O3. The summed E-state index contributed by atoms with van der Waals surface area (Å²) in [4.78, 5) is 23.4. The summed E-state index contributed by atoms with van der Waals surface area (Å²) in [5.41, 5.74) is 2.86. The Morgan fingerprint density at radius 1 is 1.35 bits per heavy atom. The molecule has 0 radical (unpaired) electrons. The molecule has 1 aromatic carbocycles. The number of carbonyl (C=O) groups is 2. The molecule has 0 bridgehead atoms. The number of rotatable bonds is 6. The molecule has 0 saturated carbocycles. The molecule has 2 rings (SSSR count). The van der Waals surface area contributed by atoms with Crippen LogP contribution in [0.15, 0.2) is 18.2 Å². The summed E-state index contributed by atoms with van der Waals surface area (Å²) in [6.07, 6.45) is 1.85. The summed E-state index contributed by atoms with van der Waals surface area (Å²) in [6.45, 7) is 3.97. The van der Waals surface area contributed by atoms with Gasteiger partial charge in [0.15, 0.2) is 0 Å². The highest BCUT2D eigenvalue weighted by atomic mass is 16.4. The Hall–Kier alpha value is -2.35. The molecular weight excluding hydrogens is 292 g/mol. The normalized spacial score (nSPS) is 17.4. The Labute approximate surface area is 136 Å². The third-order valence-corrected chi connectivity index (χ3v) is 4.16. The van der Waals surface area contributed by atoms with Gasteiger partial charge in [0.2, 0.25) is 5.91 Å². The van der Waals surface area contributed by atoms with Gasteiger partial charge >= 0.3 is 5.97 Å². The number of fused-ring (bicyclic) bond motifs is 1. The second-order valence-corrected chi connectivity index (χ2v) is 6.63. The maximum Gasteiger partial charge on any atom is 0.304 e. The highest BCUT2D eigenvalue weighted by molar-refractivity contribution is 5.83. The summed E-state index contributed by atoms with van der Waals surface area (Å²) in [5, 5.41) is 20.9. The molecule has 5 heteroatoms. The van der Waals surface area contributed by atoms with Crippen molar-refractivity contribution in [2.24, 2.45) is 11.8 Å². The number of amides is 1. The molecule has 1 aliphatic carbocycles. The monoisotopic (exact) mass is 314 g/mol. The number of hydrogen-bond donors (Lipinski definition) is 2. The van der Waals surface area contributed by atoms with Crippen LogP contribution < -0.4 is 5.32 Å². The van der Waals surface area contributed by atoms with Gasteiger partial charge in [-0.05, 0) is 48.4 Å². The first kappa shape index (κ1) is 17.0. The predicted molar refractivity (Wildman–Crippen MR) is 85.7 cm³/mol. The number of nitrogens with one attached hydrogen (secondary N) is 1. The number of aliphatic carboxylic acids is 1. The molecule has 1 aliphatic rings. The fraction of sp³-hybridized carbons (Fsp3) is 0.500. The molecule has 0 saturated heterocycles. The van der Waals surface area contributed by atoms with Crippen molar-refractivity contribution >= 4 is 11.9 Å². The first-order chi connectivity index (χ1) is 10.9. The van der Waals surface area contributed by atoms with E-state index in [4.69, 9.17) is 10.4 Å². The minimum absolute atomic E-state index is 0.0186. The molecule has 23 heavy (non-hydrogen) atoms. The minimum atomic E-state index is -0.945. The van der Waals surface area contributed by atoms with E-state index >= 15 is 0 Å². The molecule has 122 valence electrons. The highest BCUT2D eigenvalue weighted by Crippen LogP contribution is 2.24. The lowest BCUT2D eigenvalue weighted by atomic mass is 9.93. The number of benzene rings is 1. The van der Waals surface area contributed by atoms with E-state index in [2.05, 4.69) is 11.4 Å². The van der Waals surface area contributed by atoms with E-state index in [1.165, 1.54) is 0 Å². The summed E-state index contributed by atoms with van der Waals surface area (Å²) in [7, 11) is 0. The lowest BCUT2D eigenvalue weighted by molar-refractivity contribution is -0.141. The van der Waals surface area contributed by atoms with Crippen LogP contribution in [-0.2, 0) is 22.4 Å². The summed E-state index contributed by atoms with van der Waals surface area (Å²) in [6, 6.07) is 7.69. The molecule has 0 aromatic heterocycles. The fourth-order valence-electron chi connectivity index (χ4n) is 3.17. The van der Waals surface area contributed by atoms with Gasteiger partial charge in [0.05, 0.1) is 18.1 Å². The number of nitrogens with zero attached hydrogens (tertiary/aromatic N) is 1. The van der Waals surface area contributed by atoms with Crippen LogP contribution in [-0.4, -0.2) is 23.0 Å². The molecule has 1 amide bonds. The number of nitriles is 1. The van der Waals surface area contributed by atoms with Crippen LogP contribution in [0.1, 0.15) is 43.4 Å². The Bertz CT molecular complexity index is 646. The maximum absolute atomic E-state index is 12.4. The molecule has 0 fully saturated rings. The largest absolute Gasteiger partial charge is 0.481 e. The first-order valence-electron chi connectivity index (χ1n) is 7.93. The molecule has 1 aromatic rings. The Kier molecular flexibility index (Phi) is 5.38. The van der Waals surface area contributed by atoms with E-state index in [1.807, 2.05) is 26.0 Å². The van der Waals surface area contributed by atoms with E-state index < -0.39 is 11.9 Å². The molecule has 2 unspecified atom stereocenters. The van der Waals surface area contributed by atoms with Crippen molar-refractivity contribution in [2.45, 2.75) is 45.6 Å². The average Bonchev–Trinajstić information content (AvgIpc) is 2.86. The van der Waals surface area contributed by atoms with Crippen LogP contribution in [0.4, 0.5) is 0 Å². The van der Waals surface area contributed by atoms with E-state index in [1.54, 1.807) is 6.07 Å². The van der Waals surface area contributed by atoms with E-state index in [0.29, 0.717) is 18.4 Å². The maximum atomic E-state index is 12.4. The van der Waals surface area contributed by atoms with Gasteiger partial charge in [-0.1, -0.05) is 19.9 Å². The van der Waals surface area contributed by atoms with Crippen molar-refractivity contribution in [3.05, 3.63) is 34.9 Å². The van der Waals surface area contributed by atoms with Crippen molar-refractivity contribution in [2.75, 3.05) is 0 Å². The molecule has 2 atom stereocenters.